The summed E-state index contributed by atoms with van der Waals surface area (Å²) in [6.07, 6.45) is 0.483. The van der Waals surface area contributed by atoms with Gasteiger partial charge in [-0.3, -0.25) is 9.78 Å². The largest absolute Gasteiger partial charge is 0.326 e. The Bertz CT molecular complexity index is 605. The van der Waals surface area contributed by atoms with E-state index in [0.717, 1.165) is 28.2 Å². The Morgan fingerprint density at radius 3 is 2.94 bits per heavy atom. The molecule has 0 atom stereocenters. The number of carbonyl (C=O) groups excluding carboxylic acids is 1. The van der Waals surface area contributed by atoms with Crippen LogP contribution in [0.25, 0.3) is 11.3 Å². The lowest BCUT2D eigenvalue weighted by molar-refractivity contribution is -0.115. The van der Waals surface area contributed by atoms with E-state index in [-0.39, 0.29) is 5.91 Å². The van der Waals surface area contributed by atoms with E-state index in [4.69, 9.17) is 0 Å². The number of hydrogen-bond acceptors (Lipinski definition) is 2. The molecular formula is C14H12N2O. The molecule has 0 fully saturated rings. The minimum absolute atomic E-state index is 0.0642. The Labute approximate surface area is 99.5 Å². The number of fused-ring (bicyclic) bond motifs is 1. The summed E-state index contributed by atoms with van der Waals surface area (Å²) in [5, 5.41) is 2.86. The van der Waals surface area contributed by atoms with Crippen molar-refractivity contribution in [3.05, 3.63) is 47.7 Å². The van der Waals surface area contributed by atoms with Gasteiger partial charge in [0.1, 0.15) is 0 Å². The van der Waals surface area contributed by atoms with Crippen molar-refractivity contribution in [1.82, 2.24) is 4.98 Å². The summed E-state index contributed by atoms with van der Waals surface area (Å²) in [5.74, 6) is 0.0642. The maximum absolute atomic E-state index is 11.3. The van der Waals surface area contributed by atoms with E-state index in [1.54, 1.807) is 0 Å². The second-order valence-corrected chi connectivity index (χ2v) is 4.26. The van der Waals surface area contributed by atoms with E-state index < -0.39 is 0 Å². The van der Waals surface area contributed by atoms with Crippen molar-refractivity contribution < 1.29 is 4.79 Å². The second kappa shape index (κ2) is 3.70. The Hall–Kier alpha value is -2.16. The average molecular weight is 224 g/mol. The quantitative estimate of drug-likeness (QED) is 0.808. The van der Waals surface area contributed by atoms with Gasteiger partial charge in [-0.15, -0.1) is 0 Å². The summed E-state index contributed by atoms with van der Waals surface area (Å²) >= 11 is 0. The van der Waals surface area contributed by atoms with E-state index in [2.05, 4.69) is 10.3 Å². The lowest BCUT2D eigenvalue weighted by Gasteiger charge is -2.04. The third-order valence-corrected chi connectivity index (χ3v) is 2.92. The van der Waals surface area contributed by atoms with Crippen LogP contribution in [-0.4, -0.2) is 10.9 Å². The minimum atomic E-state index is 0.0642. The molecule has 0 saturated heterocycles. The van der Waals surface area contributed by atoms with Gasteiger partial charge in [-0.25, -0.2) is 0 Å². The highest BCUT2D eigenvalue weighted by atomic mass is 16.1. The van der Waals surface area contributed by atoms with Crippen LogP contribution in [0.4, 0.5) is 5.69 Å². The van der Waals surface area contributed by atoms with Gasteiger partial charge in [0, 0.05) is 16.9 Å². The van der Waals surface area contributed by atoms with Gasteiger partial charge < -0.3 is 5.32 Å². The molecule has 0 bridgehead atoms. The molecule has 1 aromatic carbocycles. The maximum Gasteiger partial charge on any atom is 0.228 e. The molecular weight excluding hydrogens is 212 g/mol. The number of pyridine rings is 1. The molecule has 1 N–H and O–H groups in total. The fourth-order valence-corrected chi connectivity index (χ4v) is 2.08. The lowest BCUT2D eigenvalue weighted by atomic mass is 10.1. The highest BCUT2D eigenvalue weighted by Crippen LogP contribution is 2.28. The van der Waals surface area contributed by atoms with Crippen LogP contribution in [0.2, 0.25) is 0 Å². The molecule has 1 aliphatic heterocycles. The van der Waals surface area contributed by atoms with Crippen molar-refractivity contribution in [2.75, 3.05) is 5.32 Å². The zero-order valence-electron chi connectivity index (χ0n) is 9.53. The van der Waals surface area contributed by atoms with Crippen molar-refractivity contribution in [3.8, 4) is 11.3 Å². The number of anilines is 1. The van der Waals surface area contributed by atoms with Gasteiger partial charge in [0.25, 0.3) is 0 Å². The molecule has 1 aromatic heterocycles. The van der Waals surface area contributed by atoms with Gasteiger partial charge in [-0.05, 0) is 30.7 Å². The number of benzene rings is 1. The Morgan fingerprint density at radius 2 is 2.12 bits per heavy atom. The zero-order chi connectivity index (χ0) is 11.8. The van der Waals surface area contributed by atoms with Crippen LogP contribution in [0.1, 0.15) is 11.3 Å². The van der Waals surface area contributed by atoms with Crippen LogP contribution in [0, 0.1) is 6.92 Å². The molecule has 1 aliphatic rings. The van der Waals surface area contributed by atoms with E-state index in [1.807, 2.05) is 43.3 Å². The summed E-state index contributed by atoms with van der Waals surface area (Å²) in [6.45, 7) is 1.97. The molecule has 2 aromatic rings. The molecule has 0 saturated carbocycles. The molecule has 3 rings (SSSR count). The molecule has 17 heavy (non-hydrogen) atoms. The number of carbonyl (C=O) groups is 1. The number of hydrogen-bond donors (Lipinski definition) is 1. The predicted molar refractivity (Wildman–Crippen MR) is 66.7 cm³/mol. The van der Waals surface area contributed by atoms with Crippen LogP contribution in [0.3, 0.4) is 0 Å². The Kier molecular flexibility index (Phi) is 2.18. The van der Waals surface area contributed by atoms with Gasteiger partial charge in [0.05, 0.1) is 12.1 Å². The number of rotatable bonds is 1. The normalized spacial score (nSPS) is 13.4. The monoisotopic (exact) mass is 224 g/mol. The molecule has 0 unspecified atom stereocenters. The number of nitrogens with zero attached hydrogens (tertiary/aromatic N) is 1. The smallest absolute Gasteiger partial charge is 0.228 e. The molecule has 3 nitrogen and oxygen atoms in total. The first-order chi connectivity index (χ1) is 8.22. The van der Waals surface area contributed by atoms with Gasteiger partial charge in [0.15, 0.2) is 0 Å². The first-order valence-corrected chi connectivity index (χ1v) is 5.59. The average Bonchev–Trinajstić information content (AvgIpc) is 2.68. The second-order valence-electron chi connectivity index (χ2n) is 4.26. The topological polar surface area (TPSA) is 42.0 Å². The van der Waals surface area contributed by atoms with Crippen molar-refractivity contribution in [2.45, 2.75) is 13.3 Å². The third kappa shape index (κ3) is 1.80. The van der Waals surface area contributed by atoms with E-state index in [9.17, 15) is 4.79 Å². The van der Waals surface area contributed by atoms with Crippen molar-refractivity contribution >= 4 is 11.6 Å². The summed E-state index contributed by atoms with van der Waals surface area (Å²) < 4.78 is 0. The molecule has 1 amide bonds. The van der Waals surface area contributed by atoms with Crippen LogP contribution in [0.5, 0.6) is 0 Å². The van der Waals surface area contributed by atoms with Crippen LogP contribution in [-0.2, 0) is 11.2 Å². The van der Waals surface area contributed by atoms with Crippen molar-refractivity contribution in [3.63, 3.8) is 0 Å². The van der Waals surface area contributed by atoms with Gasteiger partial charge >= 0.3 is 0 Å². The number of aromatic nitrogens is 1. The SMILES string of the molecule is Cc1cccc(-c2ccc3c(c2)NC(=O)C3)n1. The Balaban J connectivity index is 2.06. The summed E-state index contributed by atoms with van der Waals surface area (Å²) in [7, 11) is 0. The minimum Gasteiger partial charge on any atom is -0.326 e. The summed E-state index contributed by atoms with van der Waals surface area (Å²) in [4.78, 5) is 15.8. The molecule has 3 heteroatoms. The summed E-state index contributed by atoms with van der Waals surface area (Å²) in [6, 6.07) is 11.9. The Morgan fingerprint density at radius 1 is 1.24 bits per heavy atom. The van der Waals surface area contributed by atoms with Gasteiger partial charge in [-0.2, -0.15) is 0 Å². The molecule has 0 spiro atoms. The predicted octanol–water partition coefficient (Wildman–Crippen LogP) is 2.55. The zero-order valence-corrected chi connectivity index (χ0v) is 9.53. The van der Waals surface area contributed by atoms with Crippen molar-refractivity contribution in [1.29, 1.82) is 0 Å². The summed E-state index contributed by atoms with van der Waals surface area (Å²) in [5.41, 5.74) is 4.94. The van der Waals surface area contributed by atoms with Crippen LogP contribution >= 0.6 is 0 Å². The molecule has 2 heterocycles. The highest BCUT2D eigenvalue weighted by Gasteiger charge is 2.17. The van der Waals surface area contributed by atoms with E-state index >= 15 is 0 Å². The van der Waals surface area contributed by atoms with Crippen LogP contribution < -0.4 is 5.32 Å². The third-order valence-electron chi connectivity index (χ3n) is 2.92. The number of aryl methyl sites for hydroxylation is 1. The molecule has 0 aliphatic carbocycles. The van der Waals surface area contributed by atoms with Gasteiger partial charge in [-0.1, -0.05) is 18.2 Å². The van der Waals surface area contributed by atoms with Crippen molar-refractivity contribution in [2.24, 2.45) is 0 Å². The van der Waals surface area contributed by atoms with E-state index in [0.29, 0.717) is 6.42 Å². The number of nitrogens with one attached hydrogen (secondary N) is 1. The standard InChI is InChI=1S/C14H12N2O/c1-9-3-2-4-12(15-9)10-5-6-11-8-14(17)16-13(11)7-10/h2-7H,8H2,1H3,(H,16,17). The first-order valence-electron chi connectivity index (χ1n) is 5.59. The fourth-order valence-electron chi connectivity index (χ4n) is 2.08. The first kappa shape index (κ1) is 10.0. The van der Waals surface area contributed by atoms with Crippen LogP contribution in [0.15, 0.2) is 36.4 Å². The molecule has 0 radical (unpaired) electrons. The maximum atomic E-state index is 11.3. The highest BCUT2D eigenvalue weighted by molar-refractivity contribution is 5.99. The lowest BCUT2D eigenvalue weighted by Crippen LogP contribution is -2.03. The van der Waals surface area contributed by atoms with Gasteiger partial charge in [0.2, 0.25) is 5.91 Å². The van der Waals surface area contributed by atoms with E-state index in [1.165, 1.54) is 0 Å². The number of amides is 1. The fraction of sp³-hybridized carbons (Fsp3) is 0.143. The molecule has 84 valence electrons.